The summed E-state index contributed by atoms with van der Waals surface area (Å²) in [6, 6.07) is 0. The van der Waals surface area contributed by atoms with Crippen LogP contribution in [-0.2, 0) is 4.79 Å². The second-order valence-electron chi connectivity index (χ2n) is 6.67. The minimum atomic E-state index is 0.0419. The summed E-state index contributed by atoms with van der Waals surface area (Å²) in [6.45, 7) is 11.2. The van der Waals surface area contributed by atoms with Crippen LogP contribution < -0.4 is 0 Å². The molecule has 6 unspecified atom stereocenters. The SMILES string of the molecule is C=C1C2CCC13C(C)C(=O)C(Br)C(C)C3(C)C2. The van der Waals surface area contributed by atoms with Crippen molar-refractivity contribution < 1.29 is 4.79 Å². The highest BCUT2D eigenvalue weighted by Crippen LogP contribution is 2.74. The highest BCUT2D eigenvalue weighted by molar-refractivity contribution is 9.10. The van der Waals surface area contributed by atoms with Gasteiger partial charge in [-0.3, -0.25) is 4.79 Å². The van der Waals surface area contributed by atoms with Crippen molar-refractivity contribution in [3.8, 4) is 0 Å². The third-order valence-corrected chi connectivity index (χ3v) is 7.77. The van der Waals surface area contributed by atoms with E-state index in [0.717, 1.165) is 0 Å². The van der Waals surface area contributed by atoms with Crippen LogP contribution in [0.25, 0.3) is 0 Å². The van der Waals surface area contributed by atoms with Gasteiger partial charge < -0.3 is 0 Å². The Morgan fingerprint density at radius 1 is 1.41 bits per heavy atom. The first kappa shape index (κ1) is 12.0. The first-order valence-electron chi connectivity index (χ1n) is 6.73. The van der Waals surface area contributed by atoms with Crippen molar-refractivity contribution in [1.29, 1.82) is 0 Å². The molecular formula is C15H21BrO. The van der Waals surface area contributed by atoms with Gasteiger partial charge in [-0.25, -0.2) is 0 Å². The Hall–Kier alpha value is -0.110. The van der Waals surface area contributed by atoms with E-state index in [1.165, 1.54) is 24.8 Å². The lowest BCUT2D eigenvalue weighted by molar-refractivity contribution is -0.140. The molecule has 3 saturated carbocycles. The van der Waals surface area contributed by atoms with Crippen LogP contribution in [0, 0.1) is 28.6 Å². The van der Waals surface area contributed by atoms with E-state index in [4.69, 9.17) is 0 Å². The summed E-state index contributed by atoms with van der Waals surface area (Å²) >= 11 is 3.64. The predicted octanol–water partition coefficient (Wildman–Crippen LogP) is 3.97. The second-order valence-corrected chi connectivity index (χ2v) is 7.65. The average molecular weight is 297 g/mol. The molecule has 94 valence electrons. The largest absolute Gasteiger partial charge is 0.298 e. The minimum absolute atomic E-state index is 0.0419. The number of halogens is 1. The molecule has 0 aromatic rings. The van der Waals surface area contributed by atoms with Gasteiger partial charge in [0.1, 0.15) is 5.78 Å². The minimum Gasteiger partial charge on any atom is -0.298 e. The van der Waals surface area contributed by atoms with Crippen LogP contribution in [0.15, 0.2) is 12.2 Å². The summed E-state index contributed by atoms with van der Waals surface area (Å²) in [6.07, 6.45) is 3.68. The molecule has 1 nitrogen and oxygen atoms in total. The normalized spacial score (nSPS) is 57.4. The Morgan fingerprint density at radius 2 is 2.06 bits per heavy atom. The summed E-state index contributed by atoms with van der Waals surface area (Å²) in [5.41, 5.74) is 1.78. The van der Waals surface area contributed by atoms with E-state index < -0.39 is 0 Å². The number of hydrogen-bond donors (Lipinski definition) is 0. The molecule has 0 aromatic heterocycles. The molecule has 3 rings (SSSR count). The molecule has 0 radical (unpaired) electrons. The molecule has 2 heteroatoms. The lowest BCUT2D eigenvalue weighted by atomic mass is 9.48. The van der Waals surface area contributed by atoms with Crippen LogP contribution in [0.4, 0.5) is 0 Å². The van der Waals surface area contributed by atoms with Crippen molar-refractivity contribution in [1.82, 2.24) is 0 Å². The van der Waals surface area contributed by atoms with Gasteiger partial charge in [0.25, 0.3) is 0 Å². The Morgan fingerprint density at radius 3 is 2.65 bits per heavy atom. The second kappa shape index (κ2) is 3.26. The lowest BCUT2D eigenvalue weighted by Gasteiger charge is -2.56. The van der Waals surface area contributed by atoms with Crippen molar-refractivity contribution in [3.63, 3.8) is 0 Å². The monoisotopic (exact) mass is 296 g/mol. The molecule has 0 aromatic carbocycles. The highest BCUT2D eigenvalue weighted by atomic mass is 79.9. The van der Waals surface area contributed by atoms with Crippen molar-refractivity contribution in [2.75, 3.05) is 0 Å². The Labute approximate surface area is 112 Å². The van der Waals surface area contributed by atoms with Crippen LogP contribution in [0.2, 0.25) is 0 Å². The number of alkyl halides is 1. The molecule has 17 heavy (non-hydrogen) atoms. The number of allylic oxidation sites excluding steroid dienone is 1. The van der Waals surface area contributed by atoms with E-state index in [-0.39, 0.29) is 21.6 Å². The smallest absolute Gasteiger partial charge is 0.150 e. The quantitative estimate of drug-likeness (QED) is 0.488. The standard InChI is InChI=1S/C15H21BrO/c1-8-11-5-6-15(8)10(3)13(17)12(16)9(2)14(15,4)7-11/h9-12H,1,5-7H2,2-4H3. The average Bonchev–Trinajstić information content (AvgIpc) is 2.74. The number of carbonyl (C=O) groups excluding carboxylic acids is 1. The number of ketones is 1. The van der Waals surface area contributed by atoms with Gasteiger partial charge in [-0.1, -0.05) is 48.9 Å². The maximum atomic E-state index is 12.5. The van der Waals surface area contributed by atoms with Gasteiger partial charge in [0.05, 0.1) is 4.83 Å². The van der Waals surface area contributed by atoms with E-state index >= 15 is 0 Å². The summed E-state index contributed by atoms with van der Waals surface area (Å²) in [5, 5.41) is 0. The van der Waals surface area contributed by atoms with Gasteiger partial charge in [0.15, 0.2) is 0 Å². The first-order valence-corrected chi connectivity index (χ1v) is 7.65. The molecule has 0 N–H and O–H groups in total. The Bertz CT molecular complexity index is 415. The first-order chi connectivity index (χ1) is 7.86. The summed E-state index contributed by atoms with van der Waals surface area (Å²) < 4.78 is 0. The zero-order chi connectivity index (χ0) is 12.6. The zero-order valence-corrected chi connectivity index (χ0v) is 12.5. The molecule has 0 heterocycles. The van der Waals surface area contributed by atoms with E-state index in [2.05, 4.69) is 43.3 Å². The molecule has 0 saturated heterocycles. The fourth-order valence-electron chi connectivity index (χ4n) is 5.30. The summed E-state index contributed by atoms with van der Waals surface area (Å²) in [7, 11) is 0. The number of rotatable bonds is 0. The lowest BCUT2D eigenvalue weighted by Crippen LogP contribution is -2.57. The van der Waals surface area contributed by atoms with E-state index in [0.29, 0.717) is 17.6 Å². The van der Waals surface area contributed by atoms with E-state index in [9.17, 15) is 4.79 Å². The molecule has 3 aliphatic rings. The highest BCUT2D eigenvalue weighted by Gasteiger charge is 2.70. The Balaban J connectivity index is 2.19. The third kappa shape index (κ3) is 1.06. The fourth-order valence-corrected chi connectivity index (χ4v) is 6.28. The van der Waals surface area contributed by atoms with Gasteiger partial charge in [-0.15, -0.1) is 0 Å². The molecule has 3 fully saturated rings. The number of fused-ring (bicyclic) bond motifs is 1. The molecule has 0 amide bonds. The van der Waals surface area contributed by atoms with Gasteiger partial charge in [0, 0.05) is 11.3 Å². The van der Waals surface area contributed by atoms with Gasteiger partial charge in [-0.2, -0.15) is 0 Å². The van der Waals surface area contributed by atoms with Crippen LogP contribution >= 0.6 is 15.9 Å². The van der Waals surface area contributed by atoms with Crippen molar-refractivity contribution in [3.05, 3.63) is 12.2 Å². The summed E-state index contributed by atoms with van der Waals surface area (Å²) in [4.78, 5) is 12.5. The number of Topliss-reactive ketones (excluding diaryl/α,β-unsaturated/α-hetero) is 1. The maximum absolute atomic E-state index is 12.5. The van der Waals surface area contributed by atoms with Crippen LogP contribution in [0.1, 0.15) is 40.0 Å². The van der Waals surface area contributed by atoms with E-state index in [1.807, 2.05) is 0 Å². The van der Waals surface area contributed by atoms with Crippen LogP contribution in [0.5, 0.6) is 0 Å². The van der Waals surface area contributed by atoms with E-state index in [1.54, 1.807) is 0 Å². The van der Waals surface area contributed by atoms with Crippen LogP contribution in [0.3, 0.4) is 0 Å². The third-order valence-electron chi connectivity index (χ3n) is 6.52. The van der Waals surface area contributed by atoms with Gasteiger partial charge in [0.2, 0.25) is 0 Å². The van der Waals surface area contributed by atoms with Crippen molar-refractivity contribution in [2.24, 2.45) is 28.6 Å². The topological polar surface area (TPSA) is 17.1 Å². The number of carbonyl (C=O) groups is 1. The molecule has 0 aliphatic heterocycles. The fraction of sp³-hybridized carbons (Fsp3) is 0.800. The molecule has 6 atom stereocenters. The van der Waals surface area contributed by atoms with Crippen molar-refractivity contribution >= 4 is 21.7 Å². The maximum Gasteiger partial charge on any atom is 0.150 e. The molecule has 1 spiro atoms. The summed E-state index contributed by atoms with van der Waals surface area (Å²) in [5.74, 6) is 1.65. The molecule has 2 bridgehead atoms. The predicted molar refractivity (Wildman–Crippen MR) is 73.1 cm³/mol. The molecule has 3 aliphatic carbocycles. The van der Waals surface area contributed by atoms with Crippen LogP contribution in [-0.4, -0.2) is 10.6 Å². The number of hydrogen-bond acceptors (Lipinski definition) is 1. The van der Waals surface area contributed by atoms with Crippen molar-refractivity contribution in [2.45, 2.75) is 44.9 Å². The van der Waals surface area contributed by atoms with Gasteiger partial charge >= 0.3 is 0 Å². The zero-order valence-electron chi connectivity index (χ0n) is 10.9. The Kier molecular flexibility index (Phi) is 2.29. The van der Waals surface area contributed by atoms with Gasteiger partial charge in [-0.05, 0) is 36.5 Å². The molecular weight excluding hydrogens is 276 g/mol.